The van der Waals surface area contributed by atoms with Crippen molar-refractivity contribution in [2.45, 2.75) is 45.4 Å². The average molecular weight is 306 g/mol. The SMILES string of the molecule is Cc1ccc(C#Cc2ccc(C3CCC(C)CC3)cc2)c(F)c1. The van der Waals surface area contributed by atoms with Gasteiger partial charge in [0.15, 0.2) is 0 Å². The van der Waals surface area contributed by atoms with Gasteiger partial charge in [0.1, 0.15) is 5.82 Å². The Bertz CT molecular complexity index is 723. The molecule has 0 amide bonds. The van der Waals surface area contributed by atoms with E-state index in [4.69, 9.17) is 0 Å². The number of halogens is 1. The van der Waals surface area contributed by atoms with Gasteiger partial charge in [0, 0.05) is 5.56 Å². The van der Waals surface area contributed by atoms with Crippen LogP contribution in [0, 0.1) is 30.5 Å². The predicted octanol–water partition coefficient (Wildman–Crippen LogP) is 5.83. The highest BCUT2D eigenvalue weighted by molar-refractivity contribution is 5.45. The van der Waals surface area contributed by atoms with Crippen molar-refractivity contribution in [2.24, 2.45) is 5.92 Å². The van der Waals surface area contributed by atoms with E-state index >= 15 is 0 Å². The lowest BCUT2D eigenvalue weighted by molar-refractivity contribution is 0.348. The van der Waals surface area contributed by atoms with E-state index in [1.165, 1.54) is 37.3 Å². The fraction of sp³-hybridized carbons (Fsp3) is 0.364. The molecule has 3 rings (SSSR count). The van der Waals surface area contributed by atoms with E-state index in [9.17, 15) is 4.39 Å². The molecule has 0 aromatic heterocycles. The van der Waals surface area contributed by atoms with Gasteiger partial charge in [-0.3, -0.25) is 0 Å². The van der Waals surface area contributed by atoms with E-state index in [1.807, 2.05) is 13.0 Å². The van der Waals surface area contributed by atoms with Gasteiger partial charge in [-0.2, -0.15) is 0 Å². The second-order valence-electron chi connectivity index (χ2n) is 6.81. The van der Waals surface area contributed by atoms with Crippen molar-refractivity contribution in [1.29, 1.82) is 0 Å². The third kappa shape index (κ3) is 4.02. The lowest BCUT2D eigenvalue weighted by Gasteiger charge is -2.26. The molecule has 23 heavy (non-hydrogen) atoms. The Hall–Kier alpha value is -2.07. The summed E-state index contributed by atoms with van der Waals surface area (Å²) in [5.74, 6) is 7.33. The first-order chi connectivity index (χ1) is 11.1. The molecule has 1 aliphatic carbocycles. The Labute approximate surface area is 138 Å². The molecule has 0 aliphatic heterocycles. The van der Waals surface area contributed by atoms with Crippen LogP contribution in [0.25, 0.3) is 0 Å². The van der Waals surface area contributed by atoms with Gasteiger partial charge in [0.25, 0.3) is 0 Å². The van der Waals surface area contributed by atoms with Crippen molar-refractivity contribution in [1.82, 2.24) is 0 Å². The normalized spacial score (nSPS) is 20.7. The van der Waals surface area contributed by atoms with Crippen LogP contribution in [-0.2, 0) is 0 Å². The lowest BCUT2D eigenvalue weighted by atomic mass is 9.79. The summed E-state index contributed by atoms with van der Waals surface area (Å²) in [5, 5.41) is 0. The van der Waals surface area contributed by atoms with Crippen LogP contribution in [-0.4, -0.2) is 0 Å². The third-order valence-corrected chi connectivity index (χ3v) is 4.86. The lowest BCUT2D eigenvalue weighted by Crippen LogP contribution is -2.10. The van der Waals surface area contributed by atoms with E-state index in [1.54, 1.807) is 6.07 Å². The molecule has 1 aliphatic rings. The summed E-state index contributed by atoms with van der Waals surface area (Å²) in [6.07, 6.45) is 5.25. The number of benzene rings is 2. The molecule has 0 atom stereocenters. The van der Waals surface area contributed by atoms with Crippen LogP contribution in [0.15, 0.2) is 42.5 Å². The molecule has 2 aromatic rings. The molecule has 0 N–H and O–H groups in total. The minimum Gasteiger partial charge on any atom is -0.206 e. The number of rotatable bonds is 1. The van der Waals surface area contributed by atoms with Gasteiger partial charge in [-0.15, -0.1) is 0 Å². The average Bonchev–Trinajstić information content (AvgIpc) is 2.55. The minimum absolute atomic E-state index is 0.245. The zero-order valence-corrected chi connectivity index (χ0v) is 13.9. The van der Waals surface area contributed by atoms with E-state index in [-0.39, 0.29) is 5.82 Å². The fourth-order valence-corrected chi connectivity index (χ4v) is 3.29. The molecule has 0 nitrogen and oxygen atoms in total. The maximum Gasteiger partial charge on any atom is 0.139 e. The Morgan fingerprint density at radius 1 is 0.913 bits per heavy atom. The summed E-state index contributed by atoms with van der Waals surface area (Å²) in [6, 6.07) is 13.7. The molecular weight excluding hydrogens is 283 g/mol. The van der Waals surface area contributed by atoms with Crippen LogP contribution in [0.4, 0.5) is 4.39 Å². The van der Waals surface area contributed by atoms with Crippen molar-refractivity contribution in [3.05, 3.63) is 70.5 Å². The van der Waals surface area contributed by atoms with E-state index < -0.39 is 0 Å². The van der Waals surface area contributed by atoms with Crippen LogP contribution in [0.2, 0.25) is 0 Å². The molecule has 2 aromatic carbocycles. The molecule has 1 saturated carbocycles. The topological polar surface area (TPSA) is 0 Å². The second kappa shape index (κ2) is 7.01. The monoisotopic (exact) mass is 306 g/mol. The summed E-state index contributed by atoms with van der Waals surface area (Å²) in [4.78, 5) is 0. The maximum atomic E-state index is 13.8. The summed E-state index contributed by atoms with van der Waals surface area (Å²) in [7, 11) is 0. The minimum atomic E-state index is -0.245. The van der Waals surface area contributed by atoms with Gasteiger partial charge in [-0.25, -0.2) is 4.39 Å². The molecule has 0 unspecified atom stereocenters. The first kappa shape index (κ1) is 15.8. The van der Waals surface area contributed by atoms with Gasteiger partial charge < -0.3 is 0 Å². The summed E-state index contributed by atoms with van der Waals surface area (Å²) in [5.41, 5.74) is 3.74. The van der Waals surface area contributed by atoms with Crippen molar-refractivity contribution < 1.29 is 4.39 Å². The van der Waals surface area contributed by atoms with Gasteiger partial charge >= 0.3 is 0 Å². The highest BCUT2D eigenvalue weighted by Gasteiger charge is 2.19. The summed E-state index contributed by atoms with van der Waals surface area (Å²) >= 11 is 0. The zero-order chi connectivity index (χ0) is 16.2. The fourth-order valence-electron chi connectivity index (χ4n) is 3.29. The van der Waals surface area contributed by atoms with E-state index in [0.717, 1.165) is 17.0 Å². The highest BCUT2D eigenvalue weighted by atomic mass is 19.1. The van der Waals surface area contributed by atoms with Crippen molar-refractivity contribution in [3.8, 4) is 11.8 Å². The molecule has 1 heteroatoms. The van der Waals surface area contributed by atoms with Crippen molar-refractivity contribution in [3.63, 3.8) is 0 Å². The molecule has 0 heterocycles. The standard InChI is InChI=1S/C22H23F/c1-16-3-9-19(10-4-16)20-12-6-18(7-13-20)8-14-21-11-5-17(2)15-22(21)23/h5-7,11-13,15-16,19H,3-4,9-10H2,1-2H3. The van der Waals surface area contributed by atoms with E-state index in [0.29, 0.717) is 11.5 Å². The smallest absolute Gasteiger partial charge is 0.139 e. The highest BCUT2D eigenvalue weighted by Crippen LogP contribution is 2.35. The van der Waals surface area contributed by atoms with E-state index in [2.05, 4.69) is 43.0 Å². The second-order valence-corrected chi connectivity index (χ2v) is 6.81. The number of aryl methyl sites for hydroxylation is 1. The van der Waals surface area contributed by atoms with Crippen molar-refractivity contribution >= 4 is 0 Å². The Morgan fingerprint density at radius 2 is 1.61 bits per heavy atom. The number of hydrogen-bond donors (Lipinski definition) is 0. The molecule has 0 saturated heterocycles. The van der Waals surface area contributed by atoms with Crippen LogP contribution >= 0.6 is 0 Å². The van der Waals surface area contributed by atoms with Crippen molar-refractivity contribution in [2.75, 3.05) is 0 Å². The first-order valence-electron chi connectivity index (χ1n) is 8.50. The quantitative estimate of drug-likeness (QED) is 0.582. The zero-order valence-electron chi connectivity index (χ0n) is 13.9. The van der Waals surface area contributed by atoms with Gasteiger partial charge in [-0.05, 0) is 67.0 Å². The summed E-state index contributed by atoms with van der Waals surface area (Å²) in [6.45, 7) is 4.23. The Kier molecular flexibility index (Phi) is 4.82. The number of hydrogen-bond acceptors (Lipinski definition) is 0. The van der Waals surface area contributed by atoms with Gasteiger partial charge in [-0.1, -0.05) is 49.8 Å². The van der Waals surface area contributed by atoms with Crippen LogP contribution in [0.3, 0.4) is 0 Å². The molecule has 118 valence electrons. The Morgan fingerprint density at radius 3 is 2.26 bits per heavy atom. The summed E-state index contributed by atoms with van der Waals surface area (Å²) < 4.78 is 13.8. The van der Waals surface area contributed by atoms with Gasteiger partial charge in [0.2, 0.25) is 0 Å². The molecule has 0 bridgehead atoms. The first-order valence-corrected chi connectivity index (χ1v) is 8.50. The molecular formula is C22H23F. The van der Waals surface area contributed by atoms with Crippen LogP contribution < -0.4 is 0 Å². The molecule has 1 fully saturated rings. The van der Waals surface area contributed by atoms with Crippen LogP contribution in [0.1, 0.15) is 60.8 Å². The third-order valence-electron chi connectivity index (χ3n) is 4.86. The molecule has 0 spiro atoms. The maximum absolute atomic E-state index is 13.8. The van der Waals surface area contributed by atoms with Gasteiger partial charge in [0.05, 0.1) is 5.56 Å². The predicted molar refractivity (Wildman–Crippen MR) is 93.9 cm³/mol. The van der Waals surface area contributed by atoms with Crippen LogP contribution in [0.5, 0.6) is 0 Å². The largest absolute Gasteiger partial charge is 0.206 e. The molecule has 0 radical (unpaired) electrons. The Balaban J connectivity index is 1.72.